The number of ether oxygens (including phenoxy) is 1. The van der Waals surface area contributed by atoms with Gasteiger partial charge in [-0.15, -0.1) is 0 Å². The van der Waals surface area contributed by atoms with Gasteiger partial charge in [0.1, 0.15) is 0 Å². The molecule has 1 saturated heterocycles. The minimum absolute atomic E-state index is 0.252. The molecular weight excluding hydrogens is 238 g/mol. The maximum atomic E-state index is 5.77. The van der Waals surface area contributed by atoms with E-state index >= 15 is 0 Å². The van der Waals surface area contributed by atoms with Crippen LogP contribution in [0.3, 0.4) is 0 Å². The lowest BCUT2D eigenvalue weighted by atomic mass is 9.95. The highest BCUT2D eigenvalue weighted by atomic mass is 35.5. The van der Waals surface area contributed by atoms with Crippen molar-refractivity contribution in [2.75, 3.05) is 19.7 Å². The molecule has 1 aromatic heterocycles. The van der Waals surface area contributed by atoms with Gasteiger partial charge in [-0.2, -0.15) is 4.98 Å². The number of halogens is 1. The lowest BCUT2D eigenvalue weighted by Crippen LogP contribution is -2.28. The molecule has 5 heteroatoms. The van der Waals surface area contributed by atoms with Gasteiger partial charge in [-0.3, -0.25) is 0 Å². The van der Waals surface area contributed by atoms with Gasteiger partial charge in [0, 0.05) is 11.8 Å². The fourth-order valence-corrected chi connectivity index (χ4v) is 2.30. The third-order valence-corrected chi connectivity index (χ3v) is 3.21. The van der Waals surface area contributed by atoms with E-state index in [0.29, 0.717) is 12.5 Å². The molecule has 94 valence electrons. The number of aryl methyl sites for hydroxylation is 1. The first-order valence-corrected chi connectivity index (χ1v) is 6.46. The van der Waals surface area contributed by atoms with Crippen molar-refractivity contribution >= 4 is 11.6 Å². The van der Waals surface area contributed by atoms with Crippen LogP contribution in [0.2, 0.25) is 5.28 Å². The lowest BCUT2D eigenvalue weighted by Gasteiger charge is -2.22. The molecule has 1 aromatic rings. The molecule has 1 aliphatic rings. The van der Waals surface area contributed by atoms with E-state index in [2.05, 4.69) is 15.3 Å². The van der Waals surface area contributed by atoms with Crippen LogP contribution < -0.4 is 10.1 Å². The normalized spacial score (nSPS) is 17.1. The maximum Gasteiger partial charge on any atom is 0.225 e. The maximum absolute atomic E-state index is 5.77. The Balaban J connectivity index is 1.77. The van der Waals surface area contributed by atoms with Gasteiger partial charge in [0.2, 0.25) is 11.2 Å². The highest BCUT2D eigenvalue weighted by Gasteiger charge is 2.12. The second-order valence-electron chi connectivity index (χ2n) is 4.45. The van der Waals surface area contributed by atoms with Crippen LogP contribution in [0.15, 0.2) is 6.07 Å². The van der Waals surface area contributed by atoms with Crippen LogP contribution in [-0.2, 0) is 0 Å². The zero-order chi connectivity index (χ0) is 12.1. The van der Waals surface area contributed by atoms with Crippen LogP contribution in [-0.4, -0.2) is 29.7 Å². The summed E-state index contributed by atoms with van der Waals surface area (Å²) in [6.45, 7) is 4.84. The number of hydrogen-bond donors (Lipinski definition) is 1. The summed E-state index contributed by atoms with van der Waals surface area (Å²) < 4.78 is 5.61. The zero-order valence-corrected chi connectivity index (χ0v) is 10.8. The number of nitrogens with zero attached hydrogens (tertiary/aromatic N) is 2. The highest BCUT2D eigenvalue weighted by Crippen LogP contribution is 2.17. The van der Waals surface area contributed by atoms with Crippen LogP contribution in [0.1, 0.15) is 25.0 Å². The SMILES string of the molecule is Cc1cc(OCCC2CCNCC2)nc(Cl)n1. The second kappa shape index (κ2) is 6.17. The molecule has 0 aromatic carbocycles. The van der Waals surface area contributed by atoms with Gasteiger partial charge >= 0.3 is 0 Å². The average Bonchev–Trinajstić information content (AvgIpc) is 2.29. The summed E-state index contributed by atoms with van der Waals surface area (Å²) in [5.74, 6) is 1.35. The number of nitrogens with one attached hydrogen (secondary N) is 1. The first-order chi connectivity index (χ1) is 8.24. The van der Waals surface area contributed by atoms with E-state index in [1.54, 1.807) is 0 Å². The minimum Gasteiger partial charge on any atom is -0.478 e. The van der Waals surface area contributed by atoms with E-state index in [-0.39, 0.29) is 5.28 Å². The smallest absolute Gasteiger partial charge is 0.225 e. The van der Waals surface area contributed by atoms with Crippen molar-refractivity contribution in [2.45, 2.75) is 26.2 Å². The van der Waals surface area contributed by atoms with Crippen molar-refractivity contribution < 1.29 is 4.74 Å². The number of rotatable bonds is 4. The predicted octanol–water partition coefficient (Wildman–Crippen LogP) is 2.21. The molecule has 2 rings (SSSR count). The Hall–Kier alpha value is -0.870. The van der Waals surface area contributed by atoms with Crippen LogP contribution in [0.5, 0.6) is 5.88 Å². The molecule has 0 unspecified atom stereocenters. The van der Waals surface area contributed by atoms with E-state index < -0.39 is 0 Å². The molecule has 0 aliphatic carbocycles. The molecule has 1 fully saturated rings. The van der Waals surface area contributed by atoms with Crippen molar-refractivity contribution in [3.05, 3.63) is 17.0 Å². The molecule has 0 radical (unpaired) electrons. The van der Waals surface area contributed by atoms with Gasteiger partial charge in [0.15, 0.2) is 0 Å². The third-order valence-electron chi connectivity index (χ3n) is 3.04. The second-order valence-corrected chi connectivity index (χ2v) is 4.79. The first kappa shape index (κ1) is 12.6. The molecule has 4 nitrogen and oxygen atoms in total. The summed E-state index contributed by atoms with van der Waals surface area (Å²) in [5, 5.41) is 3.61. The summed E-state index contributed by atoms with van der Waals surface area (Å²) in [5.41, 5.74) is 0.835. The topological polar surface area (TPSA) is 47.0 Å². The Morgan fingerprint density at radius 2 is 2.18 bits per heavy atom. The van der Waals surface area contributed by atoms with E-state index in [1.807, 2.05) is 13.0 Å². The molecule has 0 saturated carbocycles. The van der Waals surface area contributed by atoms with Crippen molar-refractivity contribution in [1.29, 1.82) is 0 Å². The monoisotopic (exact) mass is 255 g/mol. The Labute approximate surface area is 107 Å². The van der Waals surface area contributed by atoms with Gasteiger partial charge in [-0.05, 0) is 56.8 Å². The van der Waals surface area contributed by atoms with Crippen LogP contribution in [0, 0.1) is 12.8 Å². The van der Waals surface area contributed by atoms with Crippen molar-refractivity contribution in [1.82, 2.24) is 15.3 Å². The van der Waals surface area contributed by atoms with Crippen molar-refractivity contribution in [3.63, 3.8) is 0 Å². The fourth-order valence-electron chi connectivity index (χ4n) is 2.08. The Bertz CT molecular complexity index is 347. The van der Waals surface area contributed by atoms with Crippen molar-refractivity contribution in [2.24, 2.45) is 5.92 Å². The van der Waals surface area contributed by atoms with Crippen LogP contribution in [0.25, 0.3) is 0 Å². The largest absolute Gasteiger partial charge is 0.478 e. The van der Waals surface area contributed by atoms with Gasteiger partial charge in [0.05, 0.1) is 6.61 Å². The lowest BCUT2D eigenvalue weighted by molar-refractivity contribution is 0.245. The average molecular weight is 256 g/mol. The number of piperidine rings is 1. The summed E-state index contributed by atoms with van der Waals surface area (Å²) in [6, 6.07) is 1.81. The fraction of sp³-hybridized carbons (Fsp3) is 0.667. The van der Waals surface area contributed by atoms with E-state index in [1.165, 1.54) is 12.8 Å². The number of aromatic nitrogens is 2. The van der Waals surface area contributed by atoms with Crippen molar-refractivity contribution in [3.8, 4) is 5.88 Å². The van der Waals surface area contributed by atoms with Crippen LogP contribution >= 0.6 is 11.6 Å². The molecule has 0 bridgehead atoms. The van der Waals surface area contributed by atoms with E-state index in [9.17, 15) is 0 Å². The summed E-state index contributed by atoms with van der Waals surface area (Å²) in [4.78, 5) is 8.03. The zero-order valence-electron chi connectivity index (χ0n) is 10.1. The first-order valence-electron chi connectivity index (χ1n) is 6.09. The van der Waals surface area contributed by atoms with Gasteiger partial charge < -0.3 is 10.1 Å². The quantitative estimate of drug-likeness (QED) is 0.838. The molecule has 1 aliphatic heterocycles. The standard InChI is InChI=1S/C12H18ClN3O/c1-9-8-11(16-12(13)15-9)17-7-4-10-2-5-14-6-3-10/h8,10,14H,2-7H2,1H3. The molecule has 1 N–H and O–H groups in total. The molecule has 2 heterocycles. The van der Waals surface area contributed by atoms with E-state index in [4.69, 9.17) is 16.3 Å². The minimum atomic E-state index is 0.252. The predicted molar refractivity (Wildman–Crippen MR) is 67.5 cm³/mol. The third kappa shape index (κ3) is 4.13. The Morgan fingerprint density at radius 3 is 2.88 bits per heavy atom. The van der Waals surface area contributed by atoms with Gasteiger partial charge in [-0.1, -0.05) is 0 Å². The summed E-state index contributed by atoms with van der Waals surface area (Å²) in [7, 11) is 0. The van der Waals surface area contributed by atoms with Gasteiger partial charge in [0.25, 0.3) is 0 Å². The summed E-state index contributed by atoms with van der Waals surface area (Å²) in [6.07, 6.45) is 3.57. The molecule has 0 spiro atoms. The summed E-state index contributed by atoms with van der Waals surface area (Å²) >= 11 is 5.77. The Morgan fingerprint density at radius 1 is 1.41 bits per heavy atom. The number of hydrogen-bond acceptors (Lipinski definition) is 4. The molecule has 0 amide bonds. The molecule has 0 atom stereocenters. The molecule has 17 heavy (non-hydrogen) atoms. The van der Waals surface area contributed by atoms with Gasteiger partial charge in [-0.25, -0.2) is 4.98 Å². The highest BCUT2D eigenvalue weighted by molar-refractivity contribution is 6.28. The van der Waals surface area contributed by atoms with Crippen LogP contribution in [0.4, 0.5) is 0 Å². The molecular formula is C12H18ClN3O. The van der Waals surface area contributed by atoms with E-state index in [0.717, 1.165) is 31.1 Å². The Kier molecular flexibility index (Phi) is 4.57.